The van der Waals surface area contributed by atoms with Gasteiger partial charge in [-0.05, 0) is 12.5 Å². The largest absolute Gasteiger partial charge is 0.493 e. The molecule has 0 amide bonds. The first-order valence-electron chi connectivity index (χ1n) is 2.42. The van der Waals surface area contributed by atoms with Gasteiger partial charge in [0, 0.05) is 6.42 Å². The van der Waals surface area contributed by atoms with Crippen molar-refractivity contribution in [3.05, 3.63) is 17.6 Å². The van der Waals surface area contributed by atoms with Crippen LogP contribution in [-0.2, 0) is 4.74 Å². The highest BCUT2D eigenvalue weighted by Gasteiger charge is 1.90. The van der Waals surface area contributed by atoms with Gasteiger partial charge >= 0.3 is 0 Å². The summed E-state index contributed by atoms with van der Waals surface area (Å²) in [6, 6.07) is 0. The molecule has 0 spiro atoms. The molecule has 0 aliphatic carbocycles. The van der Waals surface area contributed by atoms with Gasteiger partial charge in [-0.2, -0.15) is 0 Å². The highest BCUT2D eigenvalue weighted by Crippen LogP contribution is 2.01. The summed E-state index contributed by atoms with van der Waals surface area (Å²) in [6.45, 7) is 2.89. The molecule has 0 saturated heterocycles. The Morgan fingerprint density at radius 1 is 1.86 bits per heavy atom. The Morgan fingerprint density at radius 3 is 3.00 bits per heavy atom. The smallest absolute Gasteiger partial charge is 0.125 e. The fourth-order valence-corrected chi connectivity index (χ4v) is 0.485. The van der Waals surface area contributed by atoms with Gasteiger partial charge in [0.15, 0.2) is 0 Å². The van der Waals surface area contributed by atoms with E-state index >= 15 is 0 Å². The first-order chi connectivity index (χ1) is 3.39. The Bertz CT molecular complexity index is 118. The molecule has 0 radical (unpaired) electrons. The maximum Gasteiger partial charge on any atom is 0.125 e. The predicted octanol–water partition coefficient (Wildman–Crippen LogP) is 1.47. The van der Waals surface area contributed by atoms with Crippen LogP contribution in [0.2, 0.25) is 0 Å². The zero-order chi connectivity index (χ0) is 5.11. The summed E-state index contributed by atoms with van der Waals surface area (Å²) in [4.78, 5) is 0. The zero-order valence-electron chi connectivity index (χ0n) is 4.40. The first-order valence-corrected chi connectivity index (χ1v) is 2.42. The molecule has 0 N–H and O–H groups in total. The minimum Gasteiger partial charge on any atom is -0.493 e. The fraction of sp³-hybridized carbons (Fsp3) is 0.500. The van der Waals surface area contributed by atoms with Crippen molar-refractivity contribution in [1.29, 1.82) is 0 Å². The van der Waals surface area contributed by atoms with Gasteiger partial charge in [-0.3, -0.25) is 0 Å². The molecule has 0 bridgehead atoms. The van der Waals surface area contributed by atoms with Gasteiger partial charge in [0.05, 0.1) is 6.61 Å². The van der Waals surface area contributed by atoms with E-state index in [1.54, 1.807) is 6.26 Å². The van der Waals surface area contributed by atoms with Crippen LogP contribution < -0.4 is 0 Å². The molecule has 0 atom stereocenters. The third-order valence-electron chi connectivity index (χ3n) is 0.984. The molecule has 0 fully saturated rings. The topological polar surface area (TPSA) is 9.23 Å². The van der Waals surface area contributed by atoms with E-state index in [1.165, 1.54) is 5.57 Å². The molecule has 1 nitrogen and oxygen atoms in total. The highest BCUT2D eigenvalue weighted by molar-refractivity contribution is 4.98. The normalized spacial score (nSPS) is 18.1. The average Bonchev–Trinajstić information content (AvgIpc) is 1.69. The van der Waals surface area contributed by atoms with Crippen LogP contribution in [0.5, 0.6) is 0 Å². The number of ether oxygens (including phenoxy) is 1. The molecule has 1 rings (SSSR count). The fourth-order valence-electron chi connectivity index (χ4n) is 0.485. The molecule has 1 aliphatic rings. The van der Waals surface area contributed by atoms with Crippen molar-refractivity contribution in [2.45, 2.75) is 13.3 Å². The Balaban J connectivity index is 2.68. The van der Waals surface area contributed by atoms with Crippen LogP contribution in [0.15, 0.2) is 17.6 Å². The van der Waals surface area contributed by atoms with Crippen LogP contribution in [0.25, 0.3) is 0 Å². The SMILES string of the molecule is CC1=C=COCC1. The summed E-state index contributed by atoms with van der Waals surface area (Å²) in [5.41, 5.74) is 4.23. The van der Waals surface area contributed by atoms with E-state index in [0.29, 0.717) is 0 Å². The third kappa shape index (κ3) is 1.09. The van der Waals surface area contributed by atoms with Crippen molar-refractivity contribution in [2.24, 2.45) is 0 Å². The Labute approximate surface area is 43.3 Å². The van der Waals surface area contributed by atoms with Crippen LogP contribution in [0.1, 0.15) is 13.3 Å². The molecule has 1 heterocycles. The number of hydrogen-bond donors (Lipinski definition) is 0. The second-order valence-corrected chi connectivity index (χ2v) is 1.66. The van der Waals surface area contributed by atoms with Crippen molar-refractivity contribution < 1.29 is 4.74 Å². The lowest BCUT2D eigenvalue weighted by atomic mass is 10.2. The minimum absolute atomic E-state index is 0.832. The van der Waals surface area contributed by atoms with Crippen LogP contribution in [0.3, 0.4) is 0 Å². The van der Waals surface area contributed by atoms with Crippen molar-refractivity contribution >= 4 is 0 Å². The molecular weight excluding hydrogens is 88.1 g/mol. The molecule has 0 saturated carbocycles. The van der Waals surface area contributed by atoms with Gasteiger partial charge in [0.1, 0.15) is 6.26 Å². The van der Waals surface area contributed by atoms with Gasteiger partial charge in [0.25, 0.3) is 0 Å². The highest BCUT2D eigenvalue weighted by atomic mass is 16.5. The summed E-state index contributed by atoms with van der Waals surface area (Å²) in [7, 11) is 0. The summed E-state index contributed by atoms with van der Waals surface area (Å²) >= 11 is 0. The van der Waals surface area contributed by atoms with E-state index < -0.39 is 0 Å². The molecule has 1 aliphatic heterocycles. The van der Waals surface area contributed by atoms with Crippen molar-refractivity contribution in [1.82, 2.24) is 0 Å². The second-order valence-electron chi connectivity index (χ2n) is 1.66. The average molecular weight is 96.1 g/mol. The summed E-state index contributed by atoms with van der Waals surface area (Å²) in [6.07, 6.45) is 2.66. The second kappa shape index (κ2) is 1.85. The lowest BCUT2D eigenvalue weighted by molar-refractivity contribution is 0.247. The number of rotatable bonds is 0. The Hall–Kier alpha value is -0.680. The lowest BCUT2D eigenvalue weighted by Crippen LogP contribution is -1.91. The monoisotopic (exact) mass is 96.1 g/mol. The molecule has 1 heteroatoms. The standard InChI is InChI=1S/C6H8O/c1-6-2-4-7-5-3-6/h5H,2,4H2,1H3. The first kappa shape index (κ1) is 4.48. The Morgan fingerprint density at radius 2 is 2.71 bits per heavy atom. The van der Waals surface area contributed by atoms with Gasteiger partial charge in [0.2, 0.25) is 0 Å². The summed E-state index contributed by atoms with van der Waals surface area (Å²) in [5.74, 6) is 0. The van der Waals surface area contributed by atoms with Crippen LogP contribution in [0.4, 0.5) is 0 Å². The van der Waals surface area contributed by atoms with Gasteiger partial charge in [-0.1, -0.05) is 5.73 Å². The molecule has 0 aromatic rings. The van der Waals surface area contributed by atoms with E-state index in [1.807, 2.05) is 0 Å². The van der Waals surface area contributed by atoms with E-state index in [9.17, 15) is 0 Å². The maximum absolute atomic E-state index is 4.88. The van der Waals surface area contributed by atoms with Gasteiger partial charge < -0.3 is 4.74 Å². The molecule has 0 aromatic carbocycles. The zero-order valence-corrected chi connectivity index (χ0v) is 4.40. The third-order valence-corrected chi connectivity index (χ3v) is 0.984. The Kier molecular flexibility index (Phi) is 1.19. The van der Waals surface area contributed by atoms with Crippen molar-refractivity contribution in [3.63, 3.8) is 0 Å². The van der Waals surface area contributed by atoms with Crippen LogP contribution in [-0.4, -0.2) is 6.61 Å². The molecule has 7 heavy (non-hydrogen) atoms. The maximum atomic E-state index is 4.88. The van der Waals surface area contributed by atoms with Crippen LogP contribution in [0, 0.1) is 0 Å². The lowest BCUT2D eigenvalue weighted by Gasteiger charge is -2.01. The quantitative estimate of drug-likeness (QED) is 0.415. The predicted molar refractivity (Wildman–Crippen MR) is 27.8 cm³/mol. The molecule has 0 unspecified atom stereocenters. The molecule has 0 aromatic heterocycles. The van der Waals surface area contributed by atoms with E-state index in [4.69, 9.17) is 4.74 Å². The molecule has 38 valence electrons. The van der Waals surface area contributed by atoms with Crippen LogP contribution >= 0.6 is 0 Å². The van der Waals surface area contributed by atoms with Gasteiger partial charge in [-0.15, -0.1) is 0 Å². The van der Waals surface area contributed by atoms with E-state index in [2.05, 4.69) is 12.7 Å². The van der Waals surface area contributed by atoms with E-state index in [-0.39, 0.29) is 0 Å². The summed E-state index contributed by atoms with van der Waals surface area (Å²) < 4.78 is 4.88. The summed E-state index contributed by atoms with van der Waals surface area (Å²) in [5, 5.41) is 0. The van der Waals surface area contributed by atoms with Crippen molar-refractivity contribution in [3.8, 4) is 0 Å². The number of hydrogen-bond acceptors (Lipinski definition) is 1. The van der Waals surface area contributed by atoms with Crippen molar-refractivity contribution in [2.75, 3.05) is 6.61 Å². The molecular formula is C6H8O. The minimum atomic E-state index is 0.832. The van der Waals surface area contributed by atoms with E-state index in [0.717, 1.165) is 13.0 Å². The van der Waals surface area contributed by atoms with Gasteiger partial charge in [-0.25, -0.2) is 0 Å².